The van der Waals surface area contributed by atoms with Crippen LogP contribution in [-0.4, -0.2) is 11.0 Å². The molecule has 0 unspecified atom stereocenters. The van der Waals surface area contributed by atoms with E-state index < -0.39 is 5.92 Å². The topological polar surface area (TPSA) is 24.9 Å². The van der Waals surface area contributed by atoms with Crippen LogP contribution in [-0.2, 0) is 12.5 Å². The lowest BCUT2D eigenvalue weighted by molar-refractivity contribution is 0.0125. The standard InChI is InChI=1S/C11H14F2N2/c1-11(12,13)10-4-2-3-9(15-10)7-14-8-5-6-8/h2-4,8,14H,5-7H2,1H3. The largest absolute Gasteiger partial charge is 0.308 e. The molecule has 1 aromatic heterocycles. The third kappa shape index (κ3) is 2.96. The summed E-state index contributed by atoms with van der Waals surface area (Å²) in [4.78, 5) is 3.93. The van der Waals surface area contributed by atoms with E-state index in [1.807, 2.05) is 0 Å². The summed E-state index contributed by atoms with van der Waals surface area (Å²) in [6.45, 7) is 1.45. The van der Waals surface area contributed by atoms with Crippen LogP contribution in [0.2, 0.25) is 0 Å². The quantitative estimate of drug-likeness (QED) is 0.829. The minimum absolute atomic E-state index is 0.155. The van der Waals surface area contributed by atoms with E-state index >= 15 is 0 Å². The zero-order valence-corrected chi connectivity index (χ0v) is 8.63. The van der Waals surface area contributed by atoms with Crippen LogP contribution >= 0.6 is 0 Å². The highest BCUT2D eigenvalue weighted by molar-refractivity contribution is 5.14. The van der Waals surface area contributed by atoms with Crippen LogP contribution in [0.3, 0.4) is 0 Å². The molecule has 1 aromatic rings. The Balaban J connectivity index is 2.04. The molecule has 0 atom stereocenters. The first-order valence-electron chi connectivity index (χ1n) is 5.13. The number of rotatable bonds is 4. The van der Waals surface area contributed by atoms with Gasteiger partial charge in [0.25, 0.3) is 5.92 Å². The Kier molecular flexibility index (Phi) is 2.69. The molecule has 1 aliphatic rings. The van der Waals surface area contributed by atoms with E-state index in [9.17, 15) is 8.78 Å². The molecule has 1 fully saturated rings. The Hall–Kier alpha value is -1.03. The zero-order chi connectivity index (χ0) is 10.9. The molecule has 15 heavy (non-hydrogen) atoms. The van der Waals surface area contributed by atoms with E-state index in [0.29, 0.717) is 18.3 Å². The molecule has 0 saturated heterocycles. The fourth-order valence-electron chi connectivity index (χ4n) is 1.36. The Morgan fingerprint density at radius 2 is 2.20 bits per heavy atom. The lowest BCUT2D eigenvalue weighted by Gasteiger charge is -2.10. The van der Waals surface area contributed by atoms with Crippen LogP contribution in [0.25, 0.3) is 0 Å². The van der Waals surface area contributed by atoms with Crippen molar-refractivity contribution in [2.75, 3.05) is 0 Å². The van der Waals surface area contributed by atoms with E-state index in [0.717, 1.165) is 6.92 Å². The molecule has 2 rings (SSSR count). The van der Waals surface area contributed by atoms with Gasteiger partial charge in [0, 0.05) is 19.5 Å². The van der Waals surface area contributed by atoms with Crippen LogP contribution in [0.15, 0.2) is 18.2 Å². The molecule has 4 heteroatoms. The second-order valence-electron chi connectivity index (χ2n) is 4.06. The van der Waals surface area contributed by atoms with Crippen molar-refractivity contribution in [1.29, 1.82) is 0 Å². The molecule has 82 valence electrons. The van der Waals surface area contributed by atoms with E-state index in [4.69, 9.17) is 0 Å². The number of nitrogens with zero attached hydrogens (tertiary/aromatic N) is 1. The maximum atomic E-state index is 13.0. The van der Waals surface area contributed by atoms with Crippen molar-refractivity contribution in [3.8, 4) is 0 Å². The summed E-state index contributed by atoms with van der Waals surface area (Å²) in [5.74, 6) is -2.85. The Bertz CT molecular complexity index is 343. The number of aromatic nitrogens is 1. The average Bonchev–Trinajstić information content (AvgIpc) is 2.97. The molecule has 0 bridgehead atoms. The van der Waals surface area contributed by atoms with Gasteiger partial charge in [0.15, 0.2) is 0 Å². The molecular weight excluding hydrogens is 198 g/mol. The first-order chi connectivity index (χ1) is 7.05. The highest BCUT2D eigenvalue weighted by atomic mass is 19.3. The molecule has 0 aliphatic heterocycles. The first kappa shape index (κ1) is 10.5. The third-order valence-corrected chi connectivity index (χ3v) is 2.41. The van der Waals surface area contributed by atoms with Gasteiger partial charge in [-0.05, 0) is 25.0 Å². The highest BCUT2D eigenvalue weighted by Gasteiger charge is 2.26. The summed E-state index contributed by atoms with van der Waals surface area (Å²) in [6, 6.07) is 5.33. The third-order valence-electron chi connectivity index (χ3n) is 2.41. The number of halogens is 2. The van der Waals surface area contributed by atoms with Gasteiger partial charge < -0.3 is 5.32 Å². The minimum atomic E-state index is -2.85. The summed E-state index contributed by atoms with van der Waals surface area (Å²) < 4.78 is 25.9. The zero-order valence-electron chi connectivity index (χ0n) is 8.63. The fourth-order valence-corrected chi connectivity index (χ4v) is 1.36. The van der Waals surface area contributed by atoms with E-state index in [1.54, 1.807) is 12.1 Å². The maximum Gasteiger partial charge on any atom is 0.286 e. The van der Waals surface area contributed by atoms with Crippen molar-refractivity contribution in [3.63, 3.8) is 0 Å². The van der Waals surface area contributed by atoms with E-state index in [1.165, 1.54) is 18.9 Å². The molecule has 1 N–H and O–H groups in total. The molecule has 0 radical (unpaired) electrons. The van der Waals surface area contributed by atoms with Crippen LogP contribution in [0.4, 0.5) is 8.78 Å². The van der Waals surface area contributed by atoms with Crippen LogP contribution < -0.4 is 5.32 Å². The monoisotopic (exact) mass is 212 g/mol. The summed E-state index contributed by atoms with van der Waals surface area (Å²) >= 11 is 0. The molecule has 1 saturated carbocycles. The van der Waals surface area contributed by atoms with Gasteiger partial charge in [-0.2, -0.15) is 8.78 Å². The Morgan fingerprint density at radius 3 is 2.80 bits per heavy atom. The van der Waals surface area contributed by atoms with E-state index in [-0.39, 0.29) is 5.69 Å². The maximum absolute atomic E-state index is 13.0. The molecule has 0 amide bonds. The smallest absolute Gasteiger partial charge is 0.286 e. The molecule has 1 heterocycles. The van der Waals surface area contributed by atoms with Crippen LogP contribution in [0, 0.1) is 0 Å². The Labute approximate surface area is 87.7 Å². The average molecular weight is 212 g/mol. The van der Waals surface area contributed by atoms with Gasteiger partial charge in [-0.3, -0.25) is 4.98 Å². The number of hydrogen-bond donors (Lipinski definition) is 1. The van der Waals surface area contributed by atoms with Gasteiger partial charge in [-0.25, -0.2) is 0 Å². The molecule has 2 nitrogen and oxygen atoms in total. The summed E-state index contributed by atoms with van der Waals surface area (Å²) in [7, 11) is 0. The second-order valence-corrected chi connectivity index (χ2v) is 4.06. The van der Waals surface area contributed by atoms with Crippen LogP contribution in [0.5, 0.6) is 0 Å². The summed E-state index contributed by atoms with van der Waals surface area (Å²) in [6.07, 6.45) is 2.37. The summed E-state index contributed by atoms with van der Waals surface area (Å²) in [5, 5.41) is 3.24. The molecule has 0 spiro atoms. The molecule has 1 aliphatic carbocycles. The lowest BCUT2D eigenvalue weighted by atomic mass is 10.2. The molecular formula is C11H14F2N2. The Morgan fingerprint density at radius 1 is 1.47 bits per heavy atom. The number of nitrogens with one attached hydrogen (secondary N) is 1. The van der Waals surface area contributed by atoms with Gasteiger partial charge in [-0.15, -0.1) is 0 Å². The highest BCUT2D eigenvalue weighted by Crippen LogP contribution is 2.25. The van der Waals surface area contributed by atoms with Crippen LogP contribution in [0.1, 0.15) is 31.2 Å². The minimum Gasteiger partial charge on any atom is -0.308 e. The van der Waals surface area contributed by atoms with Crippen molar-refractivity contribution in [3.05, 3.63) is 29.6 Å². The SMILES string of the molecule is CC(F)(F)c1cccc(CNC2CC2)n1. The number of hydrogen-bond acceptors (Lipinski definition) is 2. The number of pyridine rings is 1. The van der Waals surface area contributed by atoms with Crippen molar-refractivity contribution in [1.82, 2.24) is 10.3 Å². The van der Waals surface area contributed by atoms with Crippen molar-refractivity contribution >= 4 is 0 Å². The predicted octanol–water partition coefficient (Wildman–Crippen LogP) is 2.45. The molecule has 0 aromatic carbocycles. The van der Waals surface area contributed by atoms with Gasteiger partial charge in [0.2, 0.25) is 0 Å². The lowest BCUT2D eigenvalue weighted by Crippen LogP contribution is -2.18. The van der Waals surface area contributed by atoms with Crippen molar-refractivity contribution < 1.29 is 8.78 Å². The summed E-state index contributed by atoms with van der Waals surface area (Å²) in [5.41, 5.74) is 0.526. The van der Waals surface area contributed by atoms with Gasteiger partial charge in [-0.1, -0.05) is 6.07 Å². The predicted molar refractivity (Wildman–Crippen MR) is 53.7 cm³/mol. The van der Waals surface area contributed by atoms with Crippen molar-refractivity contribution in [2.45, 2.75) is 38.3 Å². The fraction of sp³-hybridized carbons (Fsp3) is 0.545. The normalized spacial score (nSPS) is 16.7. The van der Waals surface area contributed by atoms with Gasteiger partial charge in [0.1, 0.15) is 5.69 Å². The van der Waals surface area contributed by atoms with Gasteiger partial charge in [0.05, 0.1) is 5.69 Å². The second kappa shape index (κ2) is 3.85. The van der Waals surface area contributed by atoms with Gasteiger partial charge >= 0.3 is 0 Å². The van der Waals surface area contributed by atoms with Crippen molar-refractivity contribution in [2.24, 2.45) is 0 Å². The van der Waals surface area contributed by atoms with E-state index in [2.05, 4.69) is 10.3 Å². The first-order valence-corrected chi connectivity index (χ1v) is 5.13. The number of alkyl halides is 2.